The van der Waals surface area contributed by atoms with Crippen molar-refractivity contribution in [1.82, 2.24) is 9.97 Å². The highest BCUT2D eigenvalue weighted by Gasteiger charge is 2.03. The van der Waals surface area contributed by atoms with Gasteiger partial charge in [-0.2, -0.15) is 0 Å². The molecule has 214 valence electrons. The van der Waals surface area contributed by atoms with Crippen LogP contribution in [0.3, 0.4) is 0 Å². The molecule has 1 heterocycles. The van der Waals surface area contributed by atoms with Crippen molar-refractivity contribution in [2.75, 3.05) is 6.61 Å². The second kappa shape index (κ2) is 23.0. The number of aromatic nitrogens is 2. The van der Waals surface area contributed by atoms with Gasteiger partial charge in [-0.15, -0.1) is 0 Å². The van der Waals surface area contributed by atoms with Crippen molar-refractivity contribution in [1.29, 1.82) is 0 Å². The Bertz CT molecular complexity index is 772. The van der Waals surface area contributed by atoms with Gasteiger partial charge < -0.3 is 4.74 Å². The van der Waals surface area contributed by atoms with Crippen molar-refractivity contribution in [3.63, 3.8) is 0 Å². The minimum Gasteiger partial charge on any atom is -0.490 e. The quantitative estimate of drug-likeness (QED) is 0.122. The van der Waals surface area contributed by atoms with Gasteiger partial charge in [-0.05, 0) is 24.8 Å². The van der Waals surface area contributed by atoms with Gasteiger partial charge in [0.1, 0.15) is 0 Å². The van der Waals surface area contributed by atoms with E-state index in [1.165, 1.54) is 140 Å². The van der Waals surface area contributed by atoms with Gasteiger partial charge in [0.05, 0.1) is 19.0 Å². The molecule has 0 radical (unpaired) electrons. The van der Waals surface area contributed by atoms with Gasteiger partial charge in [0.2, 0.25) is 0 Å². The molecule has 2 aromatic rings. The minimum atomic E-state index is 0.757. The van der Waals surface area contributed by atoms with Crippen molar-refractivity contribution in [3.05, 3.63) is 42.2 Å². The first-order chi connectivity index (χ1) is 18.8. The van der Waals surface area contributed by atoms with Crippen LogP contribution >= 0.6 is 0 Å². The fourth-order valence-corrected chi connectivity index (χ4v) is 5.13. The zero-order valence-electron chi connectivity index (χ0n) is 25.0. The lowest BCUT2D eigenvalue weighted by Crippen LogP contribution is -1.99. The van der Waals surface area contributed by atoms with E-state index in [0.717, 1.165) is 30.2 Å². The van der Waals surface area contributed by atoms with E-state index < -0.39 is 0 Å². The largest absolute Gasteiger partial charge is 0.490 e. The molecule has 0 saturated carbocycles. The molecule has 3 heteroatoms. The smallest absolute Gasteiger partial charge is 0.159 e. The van der Waals surface area contributed by atoms with Crippen molar-refractivity contribution in [2.24, 2.45) is 0 Å². The number of hydrogen-bond acceptors (Lipinski definition) is 3. The number of benzene rings is 1. The molecule has 0 aliphatic heterocycles. The Morgan fingerprint density at radius 2 is 0.921 bits per heavy atom. The highest BCUT2D eigenvalue weighted by Crippen LogP contribution is 2.19. The summed E-state index contributed by atoms with van der Waals surface area (Å²) in [4.78, 5) is 9.09. The summed E-state index contributed by atoms with van der Waals surface area (Å²) < 4.78 is 5.87. The summed E-state index contributed by atoms with van der Waals surface area (Å²) in [7, 11) is 0. The molecule has 0 aliphatic carbocycles. The summed E-state index contributed by atoms with van der Waals surface area (Å²) in [5.74, 6) is 1.55. The van der Waals surface area contributed by atoms with Crippen LogP contribution < -0.4 is 4.74 Å². The molecule has 1 aromatic carbocycles. The average molecular weight is 523 g/mol. The van der Waals surface area contributed by atoms with E-state index in [4.69, 9.17) is 4.74 Å². The van der Waals surface area contributed by atoms with Gasteiger partial charge >= 0.3 is 0 Å². The fraction of sp³-hybridized carbons (Fsp3) is 0.714. The van der Waals surface area contributed by atoms with E-state index in [-0.39, 0.29) is 0 Å². The lowest BCUT2D eigenvalue weighted by atomic mass is 10.0. The third-order valence-electron chi connectivity index (χ3n) is 7.68. The highest BCUT2D eigenvalue weighted by molar-refractivity contribution is 5.55. The van der Waals surface area contributed by atoms with E-state index in [2.05, 4.69) is 48.1 Å². The van der Waals surface area contributed by atoms with Crippen LogP contribution in [0, 0.1) is 0 Å². The zero-order valence-corrected chi connectivity index (χ0v) is 25.0. The van der Waals surface area contributed by atoms with Crippen LogP contribution in [0.25, 0.3) is 11.4 Å². The van der Waals surface area contributed by atoms with Crippen LogP contribution in [0.1, 0.15) is 154 Å². The molecule has 0 atom stereocenters. The average Bonchev–Trinajstić information content (AvgIpc) is 2.95. The van der Waals surface area contributed by atoms with Crippen LogP contribution in [0.5, 0.6) is 5.75 Å². The van der Waals surface area contributed by atoms with Gasteiger partial charge in [-0.3, -0.25) is 0 Å². The molecular weight excluding hydrogens is 464 g/mol. The monoisotopic (exact) mass is 522 g/mol. The molecule has 0 spiro atoms. The summed E-state index contributed by atoms with van der Waals surface area (Å²) in [6.45, 7) is 5.33. The number of rotatable bonds is 25. The fourth-order valence-electron chi connectivity index (χ4n) is 5.13. The second-order valence-electron chi connectivity index (χ2n) is 11.3. The van der Waals surface area contributed by atoms with Gasteiger partial charge in [-0.1, -0.05) is 160 Å². The first kappa shape index (κ1) is 32.3. The van der Waals surface area contributed by atoms with Crippen LogP contribution in [0.15, 0.2) is 36.7 Å². The molecule has 1 aromatic heterocycles. The van der Waals surface area contributed by atoms with Crippen molar-refractivity contribution >= 4 is 0 Å². The van der Waals surface area contributed by atoms with Crippen LogP contribution in [0.4, 0.5) is 0 Å². The van der Waals surface area contributed by atoms with E-state index in [0.29, 0.717) is 0 Å². The molecule has 0 amide bonds. The van der Waals surface area contributed by atoms with E-state index in [1.807, 2.05) is 12.4 Å². The van der Waals surface area contributed by atoms with Gasteiger partial charge in [0.25, 0.3) is 0 Å². The summed E-state index contributed by atoms with van der Waals surface area (Å²) in [6.07, 6.45) is 33.5. The van der Waals surface area contributed by atoms with E-state index in [1.54, 1.807) is 0 Å². The van der Waals surface area contributed by atoms with Crippen molar-refractivity contribution in [3.8, 4) is 17.1 Å². The normalized spacial score (nSPS) is 11.2. The second-order valence-corrected chi connectivity index (χ2v) is 11.3. The predicted octanol–water partition coefficient (Wildman–Crippen LogP) is 11.3. The molecule has 38 heavy (non-hydrogen) atoms. The number of aryl methyl sites for hydroxylation is 1. The molecule has 0 saturated heterocycles. The lowest BCUT2D eigenvalue weighted by Gasteiger charge is -2.07. The van der Waals surface area contributed by atoms with Gasteiger partial charge in [0.15, 0.2) is 11.6 Å². The number of unbranched alkanes of at least 4 members (excludes halogenated alkanes) is 19. The topological polar surface area (TPSA) is 35.0 Å². The minimum absolute atomic E-state index is 0.757. The maximum absolute atomic E-state index is 5.87. The SMILES string of the molecule is CCCCCCCCCCCCCOc1cnc(-c2ccc(CCCCCCCCCCCC)cc2)nc1. The molecule has 0 N–H and O–H groups in total. The van der Waals surface area contributed by atoms with Crippen molar-refractivity contribution in [2.45, 2.75) is 155 Å². The summed E-state index contributed by atoms with van der Waals surface area (Å²) >= 11 is 0. The third kappa shape index (κ3) is 16.1. The van der Waals surface area contributed by atoms with Crippen molar-refractivity contribution < 1.29 is 4.74 Å². The van der Waals surface area contributed by atoms with Crippen LogP contribution in [-0.4, -0.2) is 16.6 Å². The Morgan fingerprint density at radius 3 is 1.39 bits per heavy atom. The number of hydrogen-bond donors (Lipinski definition) is 0. The Labute approximate surface area is 235 Å². The predicted molar refractivity (Wildman–Crippen MR) is 165 cm³/mol. The Morgan fingerprint density at radius 1 is 0.500 bits per heavy atom. The molecule has 0 aliphatic rings. The molecule has 0 unspecified atom stereocenters. The zero-order chi connectivity index (χ0) is 26.9. The van der Waals surface area contributed by atoms with Crippen LogP contribution in [-0.2, 0) is 6.42 Å². The third-order valence-corrected chi connectivity index (χ3v) is 7.68. The maximum Gasteiger partial charge on any atom is 0.159 e. The summed E-state index contributed by atoms with van der Waals surface area (Å²) in [5.41, 5.74) is 2.49. The first-order valence-corrected chi connectivity index (χ1v) is 16.4. The van der Waals surface area contributed by atoms with E-state index in [9.17, 15) is 0 Å². The molecule has 2 rings (SSSR count). The standard InChI is InChI=1S/C35H58N2O/c1-3-5-7-9-11-13-15-17-19-21-23-29-38-34-30-36-35(37-31-34)33-27-25-32(26-28-33)24-22-20-18-16-14-12-10-8-6-4-2/h25-28,30-31H,3-24,29H2,1-2H3. The van der Waals surface area contributed by atoms with Crippen LogP contribution in [0.2, 0.25) is 0 Å². The Balaban J connectivity index is 1.50. The molecule has 0 fully saturated rings. The molecule has 0 bridgehead atoms. The van der Waals surface area contributed by atoms with Gasteiger partial charge in [-0.25, -0.2) is 9.97 Å². The van der Waals surface area contributed by atoms with Gasteiger partial charge in [0, 0.05) is 5.56 Å². The number of ether oxygens (including phenoxy) is 1. The number of nitrogens with zero attached hydrogens (tertiary/aromatic N) is 2. The lowest BCUT2D eigenvalue weighted by molar-refractivity contribution is 0.302. The molecule has 3 nitrogen and oxygen atoms in total. The first-order valence-electron chi connectivity index (χ1n) is 16.4. The molecular formula is C35H58N2O. The Hall–Kier alpha value is -1.90. The summed E-state index contributed by atoms with van der Waals surface area (Å²) in [5, 5.41) is 0. The highest BCUT2D eigenvalue weighted by atomic mass is 16.5. The summed E-state index contributed by atoms with van der Waals surface area (Å²) in [6, 6.07) is 8.80. The maximum atomic E-state index is 5.87. The van der Waals surface area contributed by atoms with E-state index >= 15 is 0 Å². The Kier molecular flexibility index (Phi) is 19.6.